The van der Waals surface area contributed by atoms with Gasteiger partial charge < -0.3 is 11.1 Å². The number of hydrogen-bond acceptors (Lipinski definition) is 4. The van der Waals surface area contributed by atoms with Crippen LogP contribution in [0, 0.1) is 6.92 Å². The largest absolute Gasteiger partial charge is 0.370 e. The number of nitrogens with two attached hydrogens (primary N) is 1. The number of nitrogens with zero attached hydrogens (tertiary/aromatic N) is 1. The summed E-state index contributed by atoms with van der Waals surface area (Å²) in [5.41, 5.74) is 6.94. The second-order valence-electron chi connectivity index (χ2n) is 3.24. The molecule has 1 aliphatic heterocycles. The standard InChI is InChI=1S/C9H13N3S/c1-6-8(2-3-13-6)7-4-11-9(10)12-5-7/h2-3,7H,4-5H2,1H3,(H3,10,11,12). The summed E-state index contributed by atoms with van der Waals surface area (Å²) in [6.07, 6.45) is 0. The van der Waals surface area contributed by atoms with Crippen molar-refractivity contribution in [2.75, 3.05) is 13.1 Å². The lowest BCUT2D eigenvalue weighted by atomic mass is 9.99. The molecular weight excluding hydrogens is 182 g/mol. The molecule has 1 aromatic rings. The summed E-state index contributed by atoms with van der Waals surface area (Å²) < 4.78 is 0. The minimum atomic E-state index is 0.499. The lowest BCUT2D eigenvalue weighted by Crippen LogP contribution is -2.39. The van der Waals surface area contributed by atoms with Gasteiger partial charge in [-0.1, -0.05) is 0 Å². The molecule has 4 heteroatoms. The van der Waals surface area contributed by atoms with E-state index in [9.17, 15) is 0 Å². The van der Waals surface area contributed by atoms with Gasteiger partial charge in [-0.3, -0.25) is 4.99 Å². The van der Waals surface area contributed by atoms with Crippen LogP contribution in [0.4, 0.5) is 0 Å². The molecule has 0 aromatic carbocycles. The molecule has 0 radical (unpaired) electrons. The smallest absolute Gasteiger partial charge is 0.188 e. The van der Waals surface area contributed by atoms with Gasteiger partial charge in [-0.05, 0) is 23.9 Å². The molecule has 2 heterocycles. The zero-order valence-corrected chi connectivity index (χ0v) is 8.40. The Morgan fingerprint density at radius 2 is 2.54 bits per heavy atom. The summed E-state index contributed by atoms with van der Waals surface area (Å²) >= 11 is 1.79. The molecule has 2 rings (SSSR count). The Kier molecular flexibility index (Phi) is 2.22. The normalized spacial score (nSPS) is 22.2. The molecular formula is C9H13N3S. The fourth-order valence-corrected chi connectivity index (χ4v) is 2.37. The third kappa shape index (κ3) is 1.67. The number of aliphatic imine (C=N–C) groups is 1. The maximum atomic E-state index is 5.53. The van der Waals surface area contributed by atoms with Gasteiger partial charge in [-0.15, -0.1) is 11.3 Å². The molecule has 1 unspecified atom stereocenters. The zero-order chi connectivity index (χ0) is 9.26. The number of hydrogen-bond donors (Lipinski definition) is 2. The SMILES string of the molecule is Cc1sccc1C1CN=C(N)NC1. The van der Waals surface area contributed by atoms with Crippen molar-refractivity contribution in [2.45, 2.75) is 12.8 Å². The summed E-state index contributed by atoms with van der Waals surface area (Å²) in [5.74, 6) is 1.07. The molecule has 0 fully saturated rings. The van der Waals surface area contributed by atoms with Crippen LogP contribution in [0.25, 0.3) is 0 Å². The van der Waals surface area contributed by atoms with E-state index < -0.39 is 0 Å². The number of thiophene rings is 1. The Balaban J connectivity index is 2.16. The Labute approximate surface area is 81.7 Å². The molecule has 0 aliphatic carbocycles. The maximum absolute atomic E-state index is 5.53. The molecule has 1 aliphatic rings. The predicted molar refractivity (Wildman–Crippen MR) is 56.3 cm³/mol. The molecule has 1 aromatic heterocycles. The predicted octanol–water partition coefficient (Wildman–Crippen LogP) is 1.06. The van der Waals surface area contributed by atoms with Crippen molar-refractivity contribution in [3.8, 4) is 0 Å². The average molecular weight is 195 g/mol. The van der Waals surface area contributed by atoms with Crippen molar-refractivity contribution >= 4 is 17.3 Å². The Bertz CT molecular complexity index is 329. The van der Waals surface area contributed by atoms with Crippen LogP contribution in [0.2, 0.25) is 0 Å². The number of guanidine groups is 1. The second-order valence-corrected chi connectivity index (χ2v) is 4.36. The van der Waals surface area contributed by atoms with Crippen molar-refractivity contribution in [3.05, 3.63) is 21.9 Å². The van der Waals surface area contributed by atoms with Crippen LogP contribution in [0.15, 0.2) is 16.4 Å². The van der Waals surface area contributed by atoms with Crippen LogP contribution < -0.4 is 11.1 Å². The molecule has 3 N–H and O–H groups in total. The first-order valence-electron chi connectivity index (χ1n) is 4.35. The van der Waals surface area contributed by atoms with Gasteiger partial charge in [0.25, 0.3) is 0 Å². The van der Waals surface area contributed by atoms with E-state index in [2.05, 4.69) is 28.7 Å². The van der Waals surface area contributed by atoms with Crippen LogP contribution >= 0.6 is 11.3 Å². The summed E-state index contributed by atoms with van der Waals surface area (Å²) in [7, 11) is 0. The first kappa shape index (κ1) is 8.56. The lowest BCUT2D eigenvalue weighted by Gasteiger charge is -2.20. The van der Waals surface area contributed by atoms with E-state index in [1.807, 2.05) is 0 Å². The van der Waals surface area contributed by atoms with Crippen molar-refractivity contribution < 1.29 is 0 Å². The van der Waals surface area contributed by atoms with E-state index in [4.69, 9.17) is 5.73 Å². The van der Waals surface area contributed by atoms with Crippen molar-refractivity contribution in [1.29, 1.82) is 0 Å². The van der Waals surface area contributed by atoms with Crippen molar-refractivity contribution in [2.24, 2.45) is 10.7 Å². The third-order valence-electron chi connectivity index (χ3n) is 2.35. The van der Waals surface area contributed by atoms with Gasteiger partial charge in [0.15, 0.2) is 5.96 Å². The zero-order valence-electron chi connectivity index (χ0n) is 7.58. The van der Waals surface area contributed by atoms with Gasteiger partial charge in [-0.2, -0.15) is 0 Å². The van der Waals surface area contributed by atoms with Crippen molar-refractivity contribution in [1.82, 2.24) is 5.32 Å². The molecule has 0 saturated heterocycles. The highest BCUT2D eigenvalue weighted by molar-refractivity contribution is 7.10. The summed E-state index contributed by atoms with van der Waals surface area (Å²) in [6, 6.07) is 2.18. The fraction of sp³-hybridized carbons (Fsp3) is 0.444. The number of aryl methyl sites for hydroxylation is 1. The topological polar surface area (TPSA) is 50.4 Å². The number of nitrogens with one attached hydrogen (secondary N) is 1. The minimum absolute atomic E-state index is 0.499. The lowest BCUT2D eigenvalue weighted by molar-refractivity contribution is 0.634. The quantitative estimate of drug-likeness (QED) is 0.704. The average Bonchev–Trinajstić information content (AvgIpc) is 2.53. The molecule has 0 bridgehead atoms. The van der Waals surface area contributed by atoms with Crippen molar-refractivity contribution in [3.63, 3.8) is 0 Å². The summed E-state index contributed by atoms with van der Waals surface area (Å²) in [6.45, 7) is 3.88. The molecule has 0 spiro atoms. The minimum Gasteiger partial charge on any atom is -0.370 e. The highest BCUT2D eigenvalue weighted by Crippen LogP contribution is 2.25. The van der Waals surface area contributed by atoms with E-state index in [1.54, 1.807) is 11.3 Å². The highest BCUT2D eigenvalue weighted by Gasteiger charge is 2.17. The first-order valence-corrected chi connectivity index (χ1v) is 5.23. The number of rotatable bonds is 1. The van der Waals surface area contributed by atoms with Gasteiger partial charge in [0.2, 0.25) is 0 Å². The van der Waals surface area contributed by atoms with Crippen LogP contribution in [0.5, 0.6) is 0 Å². The molecule has 13 heavy (non-hydrogen) atoms. The third-order valence-corrected chi connectivity index (χ3v) is 3.21. The second kappa shape index (κ2) is 3.38. The fourth-order valence-electron chi connectivity index (χ4n) is 1.58. The van der Waals surface area contributed by atoms with Gasteiger partial charge >= 0.3 is 0 Å². The molecule has 70 valence electrons. The van der Waals surface area contributed by atoms with E-state index in [1.165, 1.54) is 10.4 Å². The Morgan fingerprint density at radius 1 is 1.69 bits per heavy atom. The van der Waals surface area contributed by atoms with Gasteiger partial charge in [0.05, 0.1) is 6.54 Å². The van der Waals surface area contributed by atoms with Gasteiger partial charge in [0, 0.05) is 17.3 Å². The molecule has 0 amide bonds. The van der Waals surface area contributed by atoms with Crippen LogP contribution in [-0.4, -0.2) is 19.0 Å². The first-order chi connectivity index (χ1) is 6.27. The van der Waals surface area contributed by atoms with Gasteiger partial charge in [-0.25, -0.2) is 0 Å². The highest BCUT2D eigenvalue weighted by atomic mass is 32.1. The van der Waals surface area contributed by atoms with Gasteiger partial charge in [0.1, 0.15) is 0 Å². The monoisotopic (exact) mass is 195 g/mol. The Hall–Kier alpha value is -1.03. The maximum Gasteiger partial charge on any atom is 0.188 e. The van der Waals surface area contributed by atoms with Crippen LogP contribution in [0.1, 0.15) is 16.4 Å². The van der Waals surface area contributed by atoms with Crippen LogP contribution in [0.3, 0.4) is 0 Å². The summed E-state index contributed by atoms with van der Waals surface area (Å²) in [5, 5.41) is 5.21. The van der Waals surface area contributed by atoms with E-state index in [0.717, 1.165) is 13.1 Å². The summed E-state index contributed by atoms with van der Waals surface area (Å²) in [4.78, 5) is 5.59. The molecule has 3 nitrogen and oxygen atoms in total. The Morgan fingerprint density at radius 3 is 3.08 bits per heavy atom. The van der Waals surface area contributed by atoms with E-state index in [0.29, 0.717) is 11.9 Å². The molecule has 0 saturated carbocycles. The molecule has 1 atom stereocenters. The van der Waals surface area contributed by atoms with E-state index in [-0.39, 0.29) is 0 Å². The van der Waals surface area contributed by atoms with Crippen LogP contribution in [-0.2, 0) is 0 Å². The van der Waals surface area contributed by atoms with E-state index >= 15 is 0 Å².